The number of amides is 1. The van der Waals surface area contributed by atoms with Gasteiger partial charge in [0.05, 0.1) is 12.2 Å². The third-order valence-corrected chi connectivity index (χ3v) is 3.53. The van der Waals surface area contributed by atoms with Gasteiger partial charge in [-0.15, -0.1) is 0 Å². The Labute approximate surface area is 130 Å². The molecule has 0 spiro atoms. The van der Waals surface area contributed by atoms with Gasteiger partial charge in [-0.3, -0.25) is 4.79 Å². The van der Waals surface area contributed by atoms with Gasteiger partial charge in [0.1, 0.15) is 6.04 Å². The molecule has 1 aromatic carbocycles. The molecular formula is C17H23N3O2. The van der Waals surface area contributed by atoms with Gasteiger partial charge in [0.2, 0.25) is 11.8 Å². The summed E-state index contributed by atoms with van der Waals surface area (Å²) in [5.74, 6) is 0.935. The minimum atomic E-state index is -0.585. The van der Waals surface area contributed by atoms with Crippen molar-refractivity contribution in [3.05, 3.63) is 42.4 Å². The molecule has 2 atom stereocenters. The summed E-state index contributed by atoms with van der Waals surface area (Å²) in [6.07, 6.45) is 1.66. The van der Waals surface area contributed by atoms with Crippen LogP contribution in [0.15, 0.2) is 40.9 Å². The number of hydrogen-bond acceptors (Lipinski definition) is 4. The van der Waals surface area contributed by atoms with Crippen molar-refractivity contribution in [1.29, 1.82) is 0 Å². The van der Waals surface area contributed by atoms with Gasteiger partial charge in [-0.2, -0.15) is 0 Å². The van der Waals surface area contributed by atoms with Gasteiger partial charge in [0.25, 0.3) is 0 Å². The van der Waals surface area contributed by atoms with Crippen LogP contribution in [-0.2, 0) is 4.79 Å². The van der Waals surface area contributed by atoms with E-state index in [4.69, 9.17) is 10.2 Å². The number of nitrogens with one attached hydrogen (secondary N) is 1. The molecule has 3 N–H and O–H groups in total. The van der Waals surface area contributed by atoms with Crippen LogP contribution in [0, 0.1) is 5.41 Å². The van der Waals surface area contributed by atoms with Crippen LogP contribution in [0.3, 0.4) is 0 Å². The quantitative estimate of drug-likeness (QED) is 0.910. The molecule has 118 valence electrons. The normalized spacial score (nSPS) is 14.4. The first-order chi connectivity index (χ1) is 10.3. The summed E-state index contributed by atoms with van der Waals surface area (Å²) in [6.45, 7) is 7.62. The Bertz CT molecular complexity index is 629. The van der Waals surface area contributed by atoms with Crippen molar-refractivity contribution < 1.29 is 9.21 Å². The van der Waals surface area contributed by atoms with E-state index < -0.39 is 6.04 Å². The Kier molecular flexibility index (Phi) is 4.66. The molecule has 0 aliphatic carbocycles. The highest BCUT2D eigenvalue weighted by atomic mass is 16.4. The molecule has 5 heteroatoms. The number of nitrogens with zero attached hydrogens (tertiary/aromatic N) is 1. The van der Waals surface area contributed by atoms with Gasteiger partial charge < -0.3 is 15.5 Å². The maximum Gasteiger partial charge on any atom is 0.238 e. The van der Waals surface area contributed by atoms with Gasteiger partial charge in [0, 0.05) is 5.56 Å². The van der Waals surface area contributed by atoms with Crippen molar-refractivity contribution in [2.24, 2.45) is 11.1 Å². The van der Waals surface area contributed by atoms with Gasteiger partial charge in [-0.05, 0) is 12.3 Å². The van der Waals surface area contributed by atoms with E-state index in [1.165, 1.54) is 0 Å². The largest absolute Gasteiger partial charge is 0.438 e. The van der Waals surface area contributed by atoms with Crippen molar-refractivity contribution in [3.8, 4) is 11.3 Å². The first-order valence-electron chi connectivity index (χ1n) is 7.36. The molecule has 0 bridgehead atoms. The zero-order valence-corrected chi connectivity index (χ0v) is 13.5. The fourth-order valence-electron chi connectivity index (χ4n) is 1.98. The van der Waals surface area contributed by atoms with Crippen molar-refractivity contribution in [1.82, 2.24) is 10.3 Å². The smallest absolute Gasteiger partial charge is 0.238 e. The standard InChI is InChI=1S/C17H23N3O2/c1-11(20-15(21)14(18)17(2,3)4)16-19-10-13(22-16)12-8-6-5-7-9-12/h5-11,14H,18H2,1-4H3,(H,20,21)/t11?,14-/m1/s1. The molecule has 0 aliphatic heterocycles. The van der Waals surface area contributed by atoms with Gasteiger partial charge in [-0.1, -0.05) is 51.1 Å². The maximum absolute atomic E-state index is 12.1. The fourth-order valence-corrected chi connectivity index (χ4v) is 1.98. The molecule has 1 aromatic heterocycles. The maximum atomic E-state index is 12.1. The number of aromatic nitrogens is 1. The lowest BCUT2D eigenvalue weighted by Gasteiger charge is -2.26. The van der Waals surface area contributed by atoms with Crippen LogP contribution in [0.4, 0.5) is 0 Å². The lowest BCUT2D eigenvalue weighted by molar-refractivity contribution is -0.125. The molecule has 1 heterocycles. The monoisotopic (exact) mass is 301 g/mol. The van der Waals surface area contributed by atoms with E-state index in [9.17, 15) is 4.79 Å². The molecule has 5 nitrogen and oxygen atoms in total. The summed E-state index contributed by atoms with van der Waals surface area (Å²) in [4.78, 5) is 16.4. The molecule has 0 saturated carbocycles. The zero-order valence-electron chi connectivity index (χ0n) is 13.5. The third kappa shape index (κ3) is 3.74. The number of nitrogens with two attached hydrogens (primary N) is 1. The van der Waals surface area contributed by atoms with Crippen LogP contribution < -0.4 is 11.1 Å². The average molecular weight is 301 g/mol. The minimum absolute atomic E-state index is 0.209. The number of carbonyl (C=O) groups excluding carboxylic acids is 1. The highest BCUT2D eigenvalue weighted by Crippen LogP contribution is 2.23. The fraction of sp³-hybridized carbons (Fsp3) is 0.412. The summed E-state index contributed by atoms with van der Waals surface area (Å²) in [7, 11) is 0. The number of oxazole rings is 1. The SMILES string of the molecule is CC(NC(=O)[C@@H](N)C(C)(C)C)c1ncc(-c2ccccc2)o1. The molecule has 0 aliphatic rings. The van der Waals surface area contributed by atoms with Crippen molar-refractivity contribution >= 4 is 5.91 Å². The third-order valence-electron chi connectivity index (χ3n) is 3.53. The number of carbonyl (C=O) groups is 1. The first kappa shape index (κ1) is 16.2. The molecule has 22 heavy (non-hydrogen) atoms. The first-order valence-corrected chi connectivity index (χ1v) is 7.36. The minimum Gasteiger partial charge on any atom is -0.438 e. The Morgan fingerprint density at radius 1 is 1.27 bits per heavy atom. The Hall–Kier alpha value is -2.14. The van der Waals surface area contributed by atoms with E-state index >= 15 is 0 Å². The van der Waals surface area contributed by atoms with Crippen LogP contribution in [0.25, 0.3) is 11.3 Å². The van der Waals surface area contributed by atoms with Gasteiger partial charge in [0.15, 0.2) is 5.76 Å². The van der Waals surface area contributed by atoms with E-state index in [0.29, 0.717) is 11.7 Å². The van der Waals surface area contributed by atoms with Crippen molar-refractivity contribution in [3.63, 3.8) is 0 Å². The zero-order chi connectivity index (χ0) is 16.3. The summed E-state index contributed by atoms with van der Waals surface area (Å²) < 4.78 is 5.73. The van der Waals surface area contributed by atoms with Crippen LogP contribution in [0.2, 0.25) is 0 Å². The topological polar surface area (TPSA) is 81.2 Å². The molecule has 2 rings (SSSR count). The summed E-state index contributed by atoms with van der Waals surface area (Å²) in [5.41, 5.74) is 6.61. The van der Waals surface area contributed by atoms with Crippen LogP contribution in [0.1, 0.15) is 39.6 Å². The summed E-state index contributed by atoms with van der Waals surface area (Å²) in [6, 6.07) is 8.79. The van der Waals surface area contributed by atoms with E-state index in [0.717, 1.165) is 5.56 Å². The summed E-state index contributed by atoms with van der Waals surface area (Å²) in [5, 5.41) is 2.85. The predicted octanol–water partition coefficient (Wildman–Crippen LogP) is 2.89. The second-order valence-corrected chi connectivity index (χ2v) is 6.50. The van der Waals surface area contributed by atoms with Gasteiger partial charge >= 0.3 is 0 Å². The number of rotatable bonds is 4. The van der Waals surface area contributed by atoms with E-state index in [1.54, 1.807) is 6.20 Å². The van der Waals surface area contributed by atoms with Crippen molar-refractivity contribution in [2.45, 2.75) is 39.8 Å². The predicted molar refractivity (Wildman–Crippen MR) is 85.9 cm³/mol. The second-order valence-electron chi connectivity index (χ2n) is 6.50. The highest BCUT2D eigenvalue weighted by Gasteiger charge is 2.29. The lowest BCUT2D eigenvalue weighted by Crippen LogP contribution is -2.49. The molecule has 0 radical (unpaired) electrons. The molecule has 2 aromatic rings. The van der Waals surface area contributed by atoms with E-state index in [2.05, 4.69) is 10.3 Å². The van der Waals surface area contributed by atoms with E-state index in [1.807, 2.05) is 58.0 Å². The Balaban J connectivity index is 2.07. The van der Waals surface area contributed by atoms with Crippen LogP contribution >= 0.6 is 0 Å². The number of hydrogen-bond donors (Lipinski definition) is 2. The van der Waals surface area contributed by atoms with Crippen molar-refractivity contribution in [2.75, 3.05) is 0 Å². The van der Waals surface area contributed by atoms with Crippen LogP contribution in [0.5, 0.6) is 0 Å². The van der Waals surface area contributed by atoms with Gasteiger partial charge in [-0.25, -0.2) is 4.98 Å². The molecular weight excluding hydrogens is 278 g/mol. The molecule has 0 saturated heterocycles. The Morgan fingerprint density at radius 3 is 2.50 bits per heavy atom. The molecule has 1 amide bonds. The highest BCUT2D eigenvalue weighted by molar-refractivity contribution is 5.82. The lowest BCUT2D eigenvalue weighted by atomic mass is 9.87. The number of benzene rings is 1. The second kappa shape index (κ2) is 6.32. The average Bonchev–Trinajstić information content (AvgIpc) is 2.96. The van der Waals surface area contributed by atoms with Crippen LogP contribution in [-0.4, -0.2) is 16.9 Å². The van der Waals surface area contributed by atoms with E-state index in [-0.39, 0.29) is 17.4 Å². The summed E-state index contributed by atoms with van der Waals surface area (Å²) >= 11 is 0. The molecule has 1 unspecified atom stereocenters. The Morgan fingerprint density at radius 2 is 1.91 bits per heavy atom. The molecule has 0 fully saturated rings.